The second-order valence-corrected chi connectivity index (χ2v) is 8.45. The molecule has 1 N–H and O–H groups in total. The van der Waals surface area contributed by atoms with Crippen LogP contribution in [0.2, 0.25) is 0 Å². The van der Waals surface area contributed by atoms with Crippen molar-refractivity contribution in [3.8, 4) is 0 Å². The Kier molecular flexibility index (Phi) is 4.16. The highest BCUT2D eigenvalue weighted by atomic mass is 16.2. The number of urea groups is 1. The molecular formula is C21H23N5O4. The van der Waals surface area contributed by atoms with E-state index in [1.807, 2.05) is 6.92 Å². The van der Waals surface area contributed by atoms with E-state index in [2.05, 4.69) is 10.2 Å². The zero-order chi connectivity index (χ0) is 21.0. The summed E-state index contributed by atoms with van der Waals surface area (Å²) in [6.07, 6.45) is 2.13. The van der Waals surface area contributed by atoms with Crippen molar-refractivity contribution in [1.29, 1.82) is 0 Å². The Bertz CT molecular complexity index is 1090. The minimum atomic E-state index is -0.357. The number of fused-ring (bicyclic) bond motifs is 2. The Balaban J connectivity index is 1.33. The maximum Gasteiger partial charge on any atom is 0.327 e. The van der Waals surface area contributed by atoms with E-state index < -0.39 is 0 Å². The van der Waals surface area contributed by atoms with Crippen LogP contribution in [0.5, 0.6) is 0 Å². The fraction of sp³-hybridized carbons (Fsp3) is 0.476. The van der Waals surface area contributed by atoms with Gasteiger partial charge in [0.25, 0.3) is 17.4 Å². The van der Waals surface area contributed by atoms with E-state index in [9.17, 15) is 19.2 Å². The van der Waals surface area contributed by atoms with Gasteiger partial charge in [0.05, 0.1) is 5.39 Å². The molecule has 156 valence electrons. The van der Waals surface area contributed by atoms with Gasteiger partial charge < -0.3 is 9.80 Å². The highest BCUT2D eigenvalue weighted by molar-refractivity contribution is 6.05. The van der Waals surface area contributed by atoms with Crippen molar-refractivity contribution in [2.45, 2.75) is 32.2 Å². The highest BCUT2D eigenvalue weighted by Crippen LogP contribution is 2.46. The molecule has 3 aliphatic rings. The SMILES string of the molecule is CCN1C(=O)C2CC3(CCN(C(=O)c4n[nH]c(=O)c5ccccc45)CC3)CN2C1=O. The predicted octanol–water partition coefficient (Wildman–Crippen LogP) is 1.20. The number of aromatic nitrogens is 2. The van der Waals surface area contributed by atoms with Crippen LogP contribution in [0.3, 0.4) is 0 Å². The first-order valence-electron chi connectivity index (χ1n) is 10.3. The van der Waals surface area contributed by atoms with E-state index in [0.29, 0.717) is 43.4 Å². The third kappa shape index (κ3) is 2.64. The number of H-pyrrole nitrogens is 1. The summed E-state index contributed by atoms with van der Waals surface area (Å²) in [6, 6.07) is 6.40. The molecular weight excluding hydrogens is 386 g/mol. The molecule has 3 fully saturated rings. The first-order chi connectivity index (χ1) is 14.4. The molecule has 1 spiro atoms. The number of likely N-dealkylation sites (tertiary alicyclic amines) is 1. The van der Waals surface area contributed by atoms with Crippen molar-refractivity contribution >= 4 is 28.6 Å². The normalized spacial score (nSPS) is 23.0. The molecule has 2 aromatic rings. The van der Waals surface area contributed by atoms with E-state index >= 15 is 0 Å². The number of piperidine rings is 1. The van der Waals surface area contributed by atoms with Crippen LogP contribution in [-0.2, 0) is 4.79 Å². The van der Waals surface area contributed by atoms with Crippen LogP contribution in [0, 0.1) is 5.41 Å². The van der Waals surface area contributed by atoms with Gasteiger partial charge in [-0.3, -0.25) is 19.3 Å². The van der Waals surface area contributed by atoms with Gasteiger partial charge in [0.15, 0.2) is 5.69 Å². The average molecular weight is 409 g/mol. The molecule has 9 heteroatoms. The van der Waals surface area contributed by atoms with Gasteiger partial charge in [-0.05, 0) is 37.7 Å². The van der Waals surface area contributed by atoms with Crippen molar-refractivity contribution < 1.29 is 14.4 Å². The van der Waals surface area contributed by atoms with Gasteiger partial charge >= 0.3 is 6.03 Å². The van der Waals surface area contributed by atoms with Crippen molar-refractivity contribution in [2.24, 2.45) is 5.41 Å². The van der Waals surface area contributed by atoms with Crippen LogP contribution in [0.25, 0.3) is 10.8 Å². The van der Waals surface area contributed by atoms with Crippen molar-refractivity contribution in [2.75, 3.05) is 26.2 Å². The van der Waals surface area contributed by atoms with E-state index in [0.717, 1.165) is 12.8 Å². The minimum Gasteiger partial charge on any atom is -0.337 e. The van der Waals surface area contributed by atoms with Gasteiger partial charge in [-0.2, -0.15) is 5.10 Å². The highest BCUT2D eigenvalue weighted by Gasteiger charge is 2.56. The van der Waals surface area contributed by atoms with Gasteiger partial charge in [0.2, 0.25) is 0 Å². The van der Waals surface area contributed by atoms with Crippen LogP contribution in [0.15, 0.2) is 29.1 Å². The van der Waals surface area contributed by atoms with Crippen molar-refractivity contribution in [3.05, 3.63) is 40.3 Å². The van der Waals surface area contributed by atoms with E-state index in [4.69, 9.17) is 0 Å². The summed E-state index contributed by atoms with van der Waals surface area (Å²) in [6.45, 7) is 3.86. The van der Waals surface area contributed by atoms with Crippen LogP contribution in [0.1, 0.15) is 36.7 Å². The molecule has 30 heavy (non-hydrogen) atoms. The van der Waals surface area contributed by atoms with Gasteiger partial charge in [0, 0.05) is 31.6 Å². The standard InChI is InChI=1S/C21H23N5O4/c1-2-25-18(28)15-11-21(12-26(15)20(25)30)7-9-24(10-8-21)19(29)16-13-5-3-4-6-14(13)17(27)23-22-16/h3-6,15H,2,7-12H2,1H3,(H,23,27). The van der Waals surface area contributed by atoms with Crippen LogP contribution < -0.4 is 5.56 Å². The Labute approximate surface area is 172 Å². The zero-order valence-electron chi connectivity index (χ0n) is 16.8. The molecule has 1 aromatic heterocycles. The number of carbonyl (C=O) groups is 3. The summed E-state index contributed by atoms with van der Waals surface area (Å²) in [5, 5.41) is 7.43. The monoisotopic (exact) mass is 409 g/mol. The summed E-state index contributed by atoms with van der Waals surface area (Å²) in [7, 11) is 0. The van der Waals surface area contributed by atoms with E-state index in [-0.39, 0.29) is 40.6 Å². The molecule has 5 rings (SSSR count). The number of hydrogen-bond acceptors (Lipinski definition) is 5. The van der Waals surface area contributed by atoms with E-state index in [1.165, 1.54) is 4.90 Å². The number of hydrogen-bond donors (Lipinski definition) is 1. The summed E-state index contributed by atoms with van der Waals surface area (Å²) in [5.74, 6) is -0.304. The fourth-order valence-electron chi connectivity index (χ4n) is 5.17. The van der Waals surface area contributed by atoms with Crippen molar-refractivity contribution in [3.63, 3.8) is 0 Å². The number of aromatic amines is 1. The topological polar surface area (TPSA) is 107 Å². The smallest absolute Gasteiger partial charge is 0.327 e. The van der Waals surface area contributed by atoms with Gasteiger partial charge in [-0.15, -0.1) is 0 Å². The maximum atomic E-state index is 13.1. The lowest BCUT2D eigenvalue weighted by Gasteiger charge is -2.39. The minimum absolute atomic E-state index is 0.0956. The lowest BCUT2D eigenvalue weighted by Crippen LogP contribution is -2.46. The number of nitrogens with one attached hydrogen (secondary N) is 1. The molecule has 4 heterocycles. The van der Waals surface area contributed by atoms with Gasteiger partial charge in [-0.1, -0.05) is 18.2 Å². The number of amides is 4. The Morgan fingerprint density at radius 2 is 1.87 bits per heavy atom. The lowest BCUT2D eigenvalue weighted by molar-refractivity contribution is -0.128. The molecule has 0 saturated carbocycles. The molecule has 3 saturated heterocycles. The Morgan fingerprint density at radius 3 is 2.53 bits per heavy atom. The number of imide groups is 1. The summed E-state index contributed by atoms with van der Waals surface area (Å²) < 4.78 is 0. The molecule has 0 radical (unpaired) electrons. The van der Waals surface area contributed by atoms with Gasteiger partial charge in [-0.25, -0.2) is 9.89 Å². The number of likely N-dealkylation sites (N-methyl/N-ethyl adjacent to an activating group) is 1. The fourth-order valence-corrected chi connectivity index (χ4v) is 5.17. The average Bonchev–Trinajstić information content (AvgIpc) is 3.23. The molecule has 1 aromatic carbocycles. The predicted molar refractivity (Wildman–Crippen MR) is 108 cm³/mol. The van der Waals surface area contributed by atoms with E-state index in [1.54, 1.807) is 34.1 Å². The molecule has 3 aliphatic heterocycles. The third-order valence-corrected chi connectivity index (χ3v) is 6.86. The van der Waals surface area contributed by atoms with Crippen molar-refractivity contribution in [1.82, 2.24) is 24.9 Å². The number of carbonyl (C=O) groups excluding carboxylic acids is 3. The van der Waals surface area contributed by atoms with Crippen LogP contribution in [0.4, 0.5) is 4.79 Å². The quantitative estimate of drug-likeness (QED) is 0.750. The third-order valence-electron chi connectivity index (χ3n) is 6.86. The molecule has 1 unspecified atom stereocenters. The Hall–Kier alpha value is -3.23. The maximum absolute atomic E-state index is 13.1. The molecule has 0 aliphatic carbocycles. The molecule has 0 bridgehead atoms. The first kappa shape index (κ1) is 18.8. The first-order valence-corrected chi connectivity index (χ1v) is 10.3. The summed E-state index contributed by atoms with van der Waals surface area (Å²) >= 11 is 0. The summed E-state index contributed by atoms with van der Waals surface area (Å²) in [5.41, 5.74) is -0.188. The zero-order valence-corrected chi connectivity index (χ0v) is 16.8. The van der Waals surface area contributed by atoms with Crippen LogP contribution in [-0.4, -0.2) is 75.0 Å². The molecule has 4 amide bonds. The second-order valence-electron chi connectivity index (χ2n) is 8.45. The number of rotatable bonds is 2. The molecule has 1 atom stereocenters. The second kappa shape index (κ2) is 6.65. The Morgan fingerprint density at radius 1 is 1.17 bits per heavy atom. The molecule has 9 nitrogen and oxygen atoms in total. The summed E-state index contributed by atoms with van der Waals surface area (Å²) in [4.78, 5) is 54.9. The largest absolute Gasteiger partial charge is 0.337 e. The van der Waals surface area contributed by atoms with Gasteiger partial charge in [0.1, 0.15) is 6.04 Å². The van der Waals surface area contributed by atoms with Crippen LogP contribution >= 0.6 is 0 Å². The number of benzene rings is 1. The lowest BCUT2D eigenvalue weighted by atomic mass is 9.76. The number of nitrogens with zero attached hydrogens (tertiary/aromatic N) is 4.